The molecule has 5 heteroatoms. The van der Waals surface area contributed by atoms with E-state index in [1.807, 2.05) is 0 Å². The minimum Gasteiger partial charge on any atom is -0.491 e. The van der Waals surface area contributed by atoms with E-state index in [2.05, 4.69) is 45.7 Å². The Bertz CT molecular complexity index is 409. The molecule has 0 saturated carbocycles. The highest BCUT2D eigenvalue weighted by Gasteiger charge is 2.13. The molecule has 0 aromatic heterocycles. The molecule has 0 heterocycles. The Morgan fingerprint density at radius 2 is 1.94 bits per heavy atom. The first-order valence-corrected chi connectivity index (χ1v) is 7.39. The van der Waals surface area contributed by atoms with E-state index in [-0.39, 0.29) is 5.56 Å². The van der Waals surface area contributed by atoms with Crippen molar-refractivity contribution in [3.63, 3.8) is 0 Å². The van der Waals surface area contributed by atoms with E-state index in [4.69, 9.17) is 9.84 Å². The van der Waals surface area contributed by atoms with Crippen LogP contribution in [0.25, 0.3) is 0 Å². The van der Waals surface area contributed by atoms with E-state index in [1.165, 1.54) is 0 Å². The maximum Gasteiger partial charge on any atom is 0.335 e. The van der Waals surface area contributed by atoms with Crippen LogP contribution in [0.1, 0.15) is 37.0 Å². The number of carboxylic acids is 1. The van der Waals surface area contributed by atoms with E-state index in [9.17, 15) is 4.79 Å². The van der Waals surface area contributed by atoms with Gasteiger partial charge in [0.2, 0.25) is 0 Å². The highest BCUT2D eigenvalue weighted by molar-refractivity contribution is 9.11. The number of hydrogen-bond acceptors (Lipinski definition) is 2. The molecule has 0 saturated heterocycles. The quantitative estimate of drug-likeness (QED) is 0.777. The number of hydrogen-bond donors (Lipinski definition) is 1. The highest BCUT2D eigenvalue weighted by Crippen LogP contribution is 2.35. The molecule has 1 atom stereocenters. The lowest BCUT2D eigenvalue weighted by Crippen LogP contribution is -2.09. The summed E-state index contributed by atoms with van der Waals surface area (Å²) in [6.45, 7) is 4.90. The van der Waals surface area contributed by atoms with E-state index in [0.29, 0.717) is 27.2 Å². The van der Waals surface area contributed by atoms with Crippen molar-refractivity contribution < 1.29 is 14.6 Å². The summed E-state index contributed by atoms with van der Waals surface area (Å²) >= 11 is 6.67. The van der Waals surface area contributed by atoms with Crippen LogP contribution < -0.4 is 4.74 Å². The van der Waals surface area contributed by atoms with Crippen LogP contribution in [0.5, 0.6) is 5.75 Å². The molecular weight excluding hydrogens is 364 g/mol. The fourth-order valence-corrected chi connectivity index (χ4v) is 3.04. The number of aromatic carboxylic acids is 1. The second-order valence-electron chi connectivity index (χ2n) is 4.28. The summed E-state index contributed by atoms with van der Waals surface area (Å²) in [5.74, 6) is 0.179. The molecule has 0 aliphatic rings. The largest absolute Gasteiger partial charge is 0.491 e. The third-order valence-corrected chi connectivity index (χ3v) is 3.72. The van der Waals surface area contributed by atoms with E-state index in [1.54, 1.807) is 12.1 Å². The normalized spacial score (nSPS) is 12.2. The summed E-state index contributed by atoms with van der Waals surface area (Å²) in [5, 5.41) is 8.93. The zero-order chi connectivity index (χ0) is 13.7. The van der Waals surface area contributed by atoms with Crippen LogP contribution in [-0.2, 0) is 0 Å². The molecule has 0 spiro atoms. The molecule has 0 bridgehead atoms. The van der Waals surface area contributed by atoms with E-state index < -0.39 is 5.97 Å². The zero-order valence-electron chi connectivity index (χ0n) is 10.4. The van der Waals surface area contributed by atoms with Crippen LogP contribution in [0.4, 0.5) is 0 Å². The summed E-state index contributed by atoms with van der Waals surface area (Å²) in [6.07, 6.45) is 2.24. The second-order valence-corrected chi connectivity index (χ2v) is 5.99. The van der Waals surface area contributed by atoms with Gasteiger partial charge in [0.05, 0.1) is 21.1 Å². The molecule has 0 aliphatic carbocycles. The number of rotatable bonds is 6. The van der Waals surface area contributed by atoms with E-state index in [0.717, 1.165) is 12.8 Å². The van der Waals surface area contributed by atoms with Crippen LogP contribution >= 0.6 is 31.9 Å². The molecular formula is C13H16Br2O3. The lowest BCUT2D eigenvalue weighted by Gasteiger charge is -2.15. The summed E-state index contributed by atoms with van der Waals surface area (Å²) in [4.78, 5) is 10.9. The summed E-state index contributed by atoms with van der Waals surface area (Å²) in [5.41, 5.74) is 0.225. The fourth-order valence-electron chi connectivity index (χ4n) is 1.62. The monoisotopic (exact) mass is 378 g/mol. The van der Waals surface area contributed by atoms with Crippen LogP contribution in [-0.4, -0.2) is 17.7 Å². The minimum absolute atomic E-state index is 0.225. The Morgan fingerprint density at radius 1 is 1.39 bits per heavy atom. The van der Waals surface area contributed by atoms with Gasteiger partial charge in [-0.05, 0) is 56.3 Å². The molecule has 3 nitrogen and oxygen atoms in total. The third-order valence-electron chi connectivity index (χ3n) is 2.54. The van der Waals surface area contributed by atoms with Gasteiger partial charge < -0.3 is 9.84 Å². The van der Waals surface area contributed by atoms with Crippen LogP contribution in [0.3, 0.4) is 0 Å². The predicted molar refractivity (Wildman–Crippen MR) is 78.4 cm³/mol. The van der Waals surface area contributed by atoms with Gasteiger partial charge in [-0.2, -0.15) is 0 Å². The number of ether oxygens (including phenoxy) is 1. The second kappa shape index (κ2) is 7.14. The van der Waals surface area contributed by atoms with Crippen LogP contribution in [0, 0.1) is 5.92 Å². The van der Waals surface area contributed by atoms with Crippen molar-refractivity contribution in [2.75, 3.05) is 6.61 Å². The van der Waals surface area contributed by atoms with Gasteiger partial charge in [-0.25, -0.2) is 4.79 Å². The molecule has 1 aromatic carbocycles. The zero-order valence-corrected chi connectivity index (χ0v) is 13.5. The first-order valence-electron chi connectivity index (χ1n) is 5.80. The topological polar surface area (TPSA) is 46.5 Å². The molecule has 100 valence electrons. The number of carboxylic acid groups (broad SMARTS) is 1. The Hall–Kier alpha value is -0.550. The van der Waals surface area contributed by atoms with Gasteiger partial charge in [-0.1, -0.05) is 20.3 Å². The maximum atomic E-state index is 10.9. The van der Waals surface area contributed by atoms with Gasteiger partial charge in [-0.15, -0.1) is 0 Å². The van der Waals surface area contributed by atoms with Crippen molar-refractivity contribution in [2.45, 2.75) is 26.7 Å². The molecule has 1 aromatic rings. The Balaban J connectivity index is 2.81. The number of benzene rings is 1. The average Bonchev–Trinajstić information content (AvgIpc) is 2.27. The van der Waals surface area contributed by atoms with Crippen LogP contribution in [0.15, 0.2) is 21.1 Å². The molecule has 0 aliphatic heterocycles. The van der Waals surface area contributed by atoms with Crippen LogP contribution in [0.2, 0.25) is 0 Å². The fraction of sp³-hybridized carbons (Fsp3) is 0.462. The molecule has 18 heavy (non-hydrogen) atoms. The van der Waals surface area contributed by atoms with Gasteiger partial charge in [0.15, 0.2) is 0 Å². The molecule has 1 rings (SSSR count). The molecule has 0 radical (unpaired) electrons. The van der Waals surface area contributed by atoms with Crippen molar-refractivity contribution in [3.05, 3.63) is 26.6 Å². The Morgan fingerprint density at radius 3 is 2.39 bits per heavy atom. The average molecular weight is 380 g/mol. The van der Waals surface area contributed by atoms with Crippen molar-refractivity contribution in [2.24, 2.45) is 5.92 Å². The van der Waals surface area contributed by atoms with Gasteiger partial charge >= 0.3 is 5.97 Å². The van der Waals surface area contributed by atoms with Crippen molar-refractivity contribution in [1.82, 2.24) is 0 Å². The Kier molecular flexibility index (Phi) is 6.15. The number of carbonyl (C=O) groups is 1. The van der Waals surface area contributed by atoms with Gasteiger partial charge in [0.1, 0.15) is 5.75 Å². The van der Waals surface area contributed by atoms with E-state index >= 15 is 0 Å². The molecule has 1 unspecified atom stereocenters. The maximum absolute atomic E-state index is 10.9. The van der Waals surface area contributed by atoms with Gasteiger partial charge in [0, 0.05) is 0 Å². The summed E-state index contributed by atoms with van der Waals surface area (Å²) in [6, 6.07) is 3.10. The SMILES string of the molecule is CCCC(C)COc1c(Br)cc(C(=O)O)cc1Br. The van der Waals surface area contributed by atoms with Gasteiger partial charge in [-0.3, -0.25) is 0 Å². The lowest BCUT2D eigenvalue weighted by molar-refractivity contribution is 0.0696. The highest BCUT2D eigenvalue weighted by atomic mass is 79.9. The standard InChI is InChI=1S/C13H16Br2O3/c1-3-4-8(2)7-18-12-10(14)5-9(13(16)17)6-11(12)15/h5-6,8H,3-4,7H2,1-2H3,(H,16,17). The third kappa shape index (κ3) is 4.28. The minimum atomic E-state index is -0.956. The first-order chi connectivity index (χ1) is 8.45. The molecule has 1 N–H and O–H groups in total. The molecule has 0 amide bonds. The smallest absolute Gasteiger partial charge is 0.335 e. The molecule has 0 fully saturated rings. The van der Waals surface area contributed by atoms with Crippen molar-refractivity contribution >= 4 is 37.8 Å². The predicted octanol–water partition coefficient (Wildman–Crippen LogP) is 4.72. The van der Waals surface area contributed by atoms with Crippen molar-refractivity contribution in [1.29, 1.82) is 0 Å². The summed E-state index contributed by atoms with van der Waals surface area (Å²) in [7, 11) is 0. The first kappa shape index (κ1) is 15.5. The number of halogens is 2. The van der Waals surface area contributed by atoms with Gasteiger partial charge in [0.25, 0.3) is 0 Å². The lowest BCUT2D eigenvalue weighted by atomic mass is 10.1. The summed E-state index contributed by atoms with van der Waals surface area (Å²) < 4.78 is 7.03. The Labute approximate surface area is 124 Å². The van der Waals surface area contributed by atoms with Crippen molar-refractivity contribution in [3.8, 4) is 5.75 Å².